The van der Waals surface area contributed by atoms with Crippen LogP contribution in [0.2, 0.25) is 15.1 Å². The minimum atomic E-state index is -4.79. The van der Waals surface area contributed by atoms with Crippen molar-refractivity contribution in [2.75, 3.05) is 0 Å². The molecule has 0 radical (unpaired) electrons. The average Bonchev–Trinajstić information content (AvgIpc) is 3.06. The normalized spacial score (nSPS) is 18.9. The molecule has 2 aromatic rings. The summed E-state index contributed by atoms with van der Waals surface area (Å²) in [5.41, 5.74) is -2.06. The minimum Gasteiger partial charge on any atom is -0.461 e. The Morgan fingerprint density at radius 3 is 2.38 bits per heavy atom. The maximum Gasteiger partial charge on any atom is 0.435 e. The molecule has 1 atom stereocenters. The number of oxime groups is 1. The van der Waals surface area contributed by atoms with E-state index in [4.69, 9.17) is 44.4 Å². The van der Waals surface area contributed by atoms with Gasteiger partial charge in [0.25, 0.3) is 5.60 Å². The van der Waals surface area contributed by atoms with E-state index < -0.39 is 24.2 Å². The molecule has 154 valence electrons. The van der Waals surface area contributed by atoms with Crippen LogP contribution in [-0.4, -0.2) is 17.9 Å². The van der Waals surface area contributed by atoms with E-state index in [0.29, 0.717) is 11.1 Å². The molecule has 0 aliphatic carbocycles. The van der Waals surface area contributed by atoms with Gasteiger partial charge in [-0.1, -0.05) is 52.1 Å². The van der Waals surface area contributed by atoms with Crippen LogP contribution in [0.4, 0.5) is 13.2 Å². The molecule has 3 rings (SSSR count). The Balaban J connectivity index is 1.93. The molecule has 2 aromatic carbocycles. The van der Waals surface area contributed by atoms with Crippen LogP contribution in [0.1, 0.15) is 30.0 Å². The summed E-state index contributed by atoms with van der Waals surface area (Å²) in [6.07, 6.45) is -5.38. The number of hydrogen-bond donors (Lipinski definition) is 0. The van der Waals surface area contributed by atoms with Gasteiger partial charge in [-0.05, 0) is 24.3 Å². The van der Waals surface area contributed by atoms with Crippen LogP contribution in [0.5, 0.6) is 0 Å². The highest BCUT2D eigenvalue weighted by molar-refractivity contribution is 6.34. The Morgan fingerprint density at radius 2 is 1.83 bits per heavy atom. The average molecular weight is 467 g/mol. The van der Waals surface area contributed by atoms with Crippen LogP contribution < -0.4 is 0 Å². The standard InChI is InChI=1S/C19H13Cl3F3NO3/c1-10(27)28-9-12-3-2-11(4-16(12)22)17-8-18(29-26-17,19(23,24)25)13-5-14(20)7-15(21)6-13/h2-7H,8-9H2,1H3. The molecule has 1 unspecified atom stereocenters. The number of benzene rings is 2. The molecule has 10 heteroatoms. The molecule has 0 saturated carbocycles. The number of hydrogen-bond acceptors (Lipinski definition) is 4. The van der Waals surface area contributed by atoms with Crippen molar-refractivity contribution in [2.45, 2.75) is 31.7 Å². The van der Waals surface area contributed by atoms with E-state index in [1.165, 1.54) is 25.1 Å². The van der Waals surface area contributed by atoms with Crippen molar-refractivity contribution in [2.24, 2.45) is 5.16 Å². The van der Waals surface area contributed by atoms with Crippen LogP contribution in [-0.2, 0) is 26.6 Å². The molecule has 1 aliphatic heterocycles. The van der Waals surface area contributed by atoms with E-state index in [9.17, 15) is 18.0 Å². The largest absolute Gasteiger partial charge is 0.461 e. The summed E-state index contributed by atoms with van der Waals surface area (Å²) in [7, 11) is 0. The van der Waals surface area contributed by atoms with E-state index in [0.717, 1.165) is 12.1 Å². The first-order valence-corrected chi connectivity index (χ1v) is 9.36. The number of esters is 1. The first-order chi connectivity index (χ1) is 13.5. The topological polar surface area (TPSA) is 47.9 Å². The predicted octanol–water partition coefficient (Wildman–Crippen LogP) is 6.29. The Bertz CT molecular complexity index is 974. The zero-order valence-corrected chi connectivity index (χ0v) is 17.1. The lowest BCUT2D eigenvalue weighted by Crippen LogP contribution is -2.42. The molecular weight excluding hydrogens is 454 g/mol. The van der Waals surface area contributed by atoms with E-state index in [-0.39, 0.29) is 32.9 Å². The molecular formula is C19H13Cl3F3NO3. The van der Waals surface area contributed by atoms with Gasteiger partial charge in [0.1, 0.15) is 6.61 Å². The smallest absolute Gasteiger partial charge is 0.435 e. The minimum absolute atomic E-state index is 0.0473. The second kappa shape index (κ2) is 8.05. The van der Waals surface area contributed by atoms with Crippen molar-refractivity contribution >= 4 is 46.5 Å². The van der Waals surface area contributed by atoms with Gasteiger partial charge in [-0.2, -0.15) is 13.2 Å². The highest BCUT2D eigenvalue weighted by Gasteiger charge is 2.62. The van der Waals surface area contributed by atoms with Crippen LogP contribution in [0.25, 0.3) is 0 Å². The maximum atomic E-state index is 14.0. The third kappa shape index (κ3) is 4.47. The molecule has 0 spiro atoms. The number of halogens is 6. The fourth-order valence-electron chi connectivity index (χ4n) is 2.87. The number of carbonyl (C=O) groups excluding carboxylic acids is 1. The van der Waals surface area contributed by atoms with Crippen molar-refractivity contribution in [3.8, 4) is 0 Å². The van der Waals surface area contributed by atoms with Gasteiger partial charge < -0.3 is 9.57 Å². The zero-order chi connectivity index (χ0) is 21.4. The van der Waals surface area contributed by atoms with Gasteiger partial charge in [-0.15, -0.1) is 0 Å². The number of rotatable bonds is 4. The fourth-order valence-corrected chi connectivity index (χ4v) is 3.63. The highest BCUT2D eigenvalue weighted by Crippen LogP contribution is 2.49. The lowest BCUT2D eigenvalue weighted by molar-refractivity contribution is -0.275. The molecule has 0 N–H and O–H groups in total. The first-order valence-electron chi connectivity index (χ1n) is 8.22. The van der Waals surface area contributed by atoms with Gasteiger partial charge >= 0.3 is 12.1 Å². The van der Waals surface area contributed by atoms with Crippen molar-refractivity contribution < 1.29 is 27.5 Å². The first kappa shape index (κ1) is 21.7. The summed E-state index contributed by atoms with van der Waals surface area (Å²) in [5.74, 6) is -0.478. The molecule has 4 nitrogen and oxygen atoms in total. The summed E-state index contributed by atoms with van der Waals surface area (Å²) >= 11 is 17.9. The van der Waals surface area contributed by atoms with Gasteiger partial charge in [0.05, 0.1) is 5.71 Å². The van der Waals surface area contributed by atoms with Crippen molar-refractivity contribution in [1.29, 1.82) is 0 Å². The molecule has 0 bridgehead atoms. The lowest BCUT2D eigenvalue weighted by atomic mass is 9.86. The van der Waals surface area contributed by atoms with Crippen LogP contribution in [0, 0.1) is 0 Å². The van der Waals surface area contributed by atoms with E-state index in [1.807, 2.05) is 0 Å². The van der Waals surface area contributed by atoms with Crippen LogP contribution >= 0.6 is 34.8 Å². The summed E-state index contributed by atoms with van der Waals surface area (Å²) in [6.45, 7) is 1.20. The van der Waals surface area contributed by atoms with Gasteiger partial charge in [-0.3, -0.25) is 4.79 Å². The highest BCUT2D eigenvalue weighted by atomic mass is 35.5. The maximum absolute atomic E-state index is 14.0. The van der Waals surface area contributed by atoms with E-state index >= 15 is 0 Å². The number of carbonyl (C=O) groups is 1. The Labute approximate surface area is 179 Å². The van der Waals surface area contributed by atoms with Crippen molar-refractivity contribution in [1.82, 2.24) is 0 Å². The second-order valence-corrected chi connectivity index (χ2v) is 7.66. The molecule has 1 heterocycles. The monoisotopic (exact) mass is 465 g/mol. The molecule has 0 fully saturated rings. The van der Waals surface area contributed by atoms with Crippen molar-refractivity contribution in [3.63, 3.8) is 0 Å². The zero-order valence-electron chi connectivity index (χ0n) is 14.8. The molecule has 29 heavy (non-hydrogen) atoms. The Hall–Kier alpha value is -1.96. The quantitative estimate of drug-likeness (QED) is 0.497. The van der Waals surface area contributed by atoms with Crippen LogP contribution in [0.3, 0.4) is 0 Å². The second-order valence-electron chi connectivity index (χ2n) is 6.38. The molecule has 0 amide bonds. The lowest BCUT2D eigenvalue weighted by Gasteiger charge is -2.29. The summed E-state index contributed by atoms with van der Waals surface area (Å²) in [4.78, 5) is 15.9. The van der Waals surface area contributed by atoms with Gasteiger partial charge in [-0.25, -0.2) is 0 Å². The third-order valence-electron chi connectivity index (χ3n) is 4.33. The fraction of sp³-hybridized carbons (Fsp3) is 0.263. The predicted molar refractivity (Wildman–Crippen MR) is 103 cm³/mol. The third-order valence-corrected chi connectivity index (χ3v) is 5.12. The van der Waals surface area contributed by atoms with Gasteiger partial charge in [0, 0.05) is 45.1 Å². The van der Waals surface area contributed by atoms with Gasteiger partial charge in [0.15, 0.2) is 0 Å². The molecule has 1 aliphatic rings. The van der Waals surface area contributed by atoms with E-state index in [2.05, 4.69) is 5.16 Å². The van der Waals surface area contributed by atoms with E-state index in [1.54, 1.807) is 6.07 Å². The summed E-state index contributed by atoms with van der Waals surface area (Å²) in [6, 6.07) is 8.15. The van der Waals surface area contributed by atoms with Crippen molar-refractivity contribution in [3.05, 3.63) is 68.2 Å². The number of nitrogens with zero attached hydrogens (tertiary/aromatic N) is 1. The molecule has 0 aromatic heterocycles. The molecule has 0 saturated heterocycles. The van der Waals surface area contributed by atoms with Gasteiger partial charge in [0.2, 0.25) is 0 Å². The Morgan fingerprint density at radius 1 is 1.17 bits per heavy atom. The number of ether oxygens (including phenoxy) is 1. The van der Waals surface area contributed by atoms with Crippen LogP contribution in [0.15, 0.2) is 41.6 Å². The SMILES string of the molecule is CC(=O)OCc1ccc(C2=NOC(c3cc(Cl)cc(Cl)c3)(C(F)(F)F)C2)cc1Cl. The summed E-state index contributed by atoms with van der Waals surface area (Å²) < 4.78 is 46.9. The Kier molecular flexibility index (Phi) is 6.03. The number of alkyl halides is 3. The summed E-state index contributed by atoms with van der Waals surface area (Å²) in [5, 5.41) is 3.99.